The molecule has 0 saturated heterocycles. The Labute approximate surface area is 213 Å². The van der Waals surface area contributed by atoms with Gasteiger partial charge in [0.25, 0.3) is 0 Å². The van der Waals surface area contributed by atoms with E-state index < -0.39 is 35.7 Å². The van der Waals surface area contributed by atoms with Crippen LogP contribution in [0.15, 0.2) is 54.7 Å². The lowest BCUT2D eigenvalue weighted by Crippen LogP contribution is -2.47. The molecule has 0 aliphatic rings. The van der Waals surface area contributed by atoms with Gasteiger partial charge in [-0.25, -0.2) is 9.78 Å². The Hall–Kier alpha value is -3.73. The number of nitrogens with one attached hydrogen (secondary N) is 2. The van der Waals surface area contributed by atoms with Crippen molar-refractivity contribution in [1.82, 2.24) is 4.98 Å². The van der Waals surface area contributed by atoms with Gasteiger partial charge in [-0.1, -0.05) is 48.0 Å². The lowest BCUT2D eigenvalue weighted by atomic mass is 9.93. The highest BCUT2D eigenvalue weighted by molar-refractivity contribution is 6.34. The fraction of sp³-hybridized carbons (Fsp3) is 0.240. The van der Waals surface area contributed by atoms with Crippen molar-refractivity contribution >= 4 is 35.0 Å². The molecule has 6 nitrogen and oxygen atoms in total. The number of anilines is 2. The zero-order valence-corrected chi connectivity index (χ0v) is 20.5. The third kappa shape index (κ3) is 5.82. The molecule has 3 rings (SSSR count). The van der Waals surface area contributed by atoms with Crippen molar-refractivity contribution in [3.05, 3.63) is 76.4 Å². The predicted molar refractivity (Wildman–Crippen MR) is 129 cm³/mol. The molecule has 0 saturated carbocycles. The number of pyridine rings is 1. The molecule has 196 valence electrons. The summed E-state index contributed by atoms with van der Waals surface area (Å²) >= 11 is 5.96. The first-order valence-corrected chi connectivity index (χ1v) is 11.1. The van der Waals surface area contributed by atoms with Crippen molar-refractivity contribution in [2.75, 3.05) is 17.7 Å². The van der Waals surface area contributed by atoms with Gasteiger partial charge in [0, 0.05) is 6.20 Å². The number of amides is 1. The summed E-state index contributed by atoms with van der Waals surface area (Å²) in [6, 6.07) is 12.8. The number of benzene rings is 2. The number of carbonyl (C=O) groups is 2. The molecule has 1 aromatic heterocycles. The topological polar surface area (TPSA) is 80.3 Å². The van der Waals surface area contributed by atoms with Gasteiger partial charge in [-0.05, 0) is 48.2 Å². The van der Waals surface area contributed by atoms with E-state index in [4.69, 9.17) is 16.3 Å². The van der Waals surface area contributed by atoms with Crippen LogP contribution in [0.2, 0.25) is 5.02 Å². The van der Waals surface area contributed by atoms with Crippen LogP contribution in [-0.4, -0.2) is 36.1 Å². The summed E-state index contributed by atoms with van der Waals surface area (Å²) in [4.78, 5) is 27.8. The highest BCUT2D eigenvalue weighted by Crippen LogP contribution is 2.38. The van der Waals surface area contributed by atoms with E-state index in [0.29, 0.717) is 16.7 Å². The minimum absolute atomic E-state index is 0.206. The van der Waals surface area contributed by atoms with Crippen molar-refractivity contribution in [3.8, 4) is 11.1 Å². The number of hydrogen-bond acceptors (Lipinski definition) is 5. The van der Waals surface area contributed by atoms with E-state index in [9.17, 15) is 31.5 Å². The largest absolute Gasteiger partial charge is 0.465 e. The second-order valence-electron chi connectivity index (χ2n) is 8.02. The Kier molecular flexibility index (Phi) is 8.06. The summed E-state index contributed by atoms with van der Waals surface area (Å²) in [5.74, 6) is -8.92. The Bertz CT molecular complexity index is 1310. The van der Waals surface area contributed by atoms with Gasteiger partial charge in [0.1, 0.15) is 5.69 Å². The van der Waals surface area contributed by atoms with Gasteiger partial charge in [-0.2, -0.15) is 22.0 Å². The summed E-state index contributed by atoms with van der Waals surface area (Å²) in [6.07, 6.45) is -4.89. The number of aromatic nitrogens is 1. The molecule has 2 N–H and O–H groups in total. The first kappa shape index (κ1) is 27.9. The van der Waals surface area contributed by atoms with Crippen LogP contribution in [0.25, 0.3) is 11.1 Å². The standard InChI is InChI=1S/C25H21ClF5N3O3/c1-13-5-4-6-17(22(35)37-3)19(13)16-9-7-15(8-10-16)14(2)33-21-20(18(26)11-12-32-21)34-23(36)24(27,28)25(29,30)31/h4-12,14H,1-3H3,(H,32,33)(H,34,36). The first-order chi connectivity index (χ1) is 17.3. The van der Waals surface area contributed by atoms with E-state index in [-0.39, 0.29) is 10.8 Å². The minimum Gasteiger partial charge on any atom is -0.465 e. The van der Waals surface area contributed by atoms with Gasteiger partial charge in [-0.3, -0.25) is 4.79 Å². The number of ether oxygens (including phenoxy) is 1. The number of aryl methyl sites for hydroxylation is 1. The lowest BCUT2D eigenvalue weighted by molar-refractivity contribution is -0.267. The van der Waals surface area contributed by atoms with Crippen LogP contribution in [0, 0.1) is 6.92 Å². The fourth-order valence-electron chi connectivity index (χ4n) is 3.55. The molecule has 1 amide bonds. The predicted octanol–water partition coefficient (Wildman–Crippen LogP) is 6.81. The van der Waals surface area contributed by atoms with Crippen LogP contribution < -0.4 is 10.6 Å². The van der Waals surface area contributed by atoms with Crippen molar-refractivity contribution < 1.29 is 36.3 Å². The van der Waals surface area contributed by atoms with Crippen molar-refractivity contribution in [2.45, 2.75) is 32.0 Å². The zero-order valence-electron chi connectivity index (χ0n) is 19.7. The van der Waals surface area contributed by atoms with Crippen LogP contribution in [0.3, 0.4) is 0 Å². The van der Waals surface area contributed by atoms with Crippen molar-refractivity contribution in [2.24, 2.45) is 0 Å². The second kappa shape index (κ2) is 10.7. The SMILES string of the molecule is COC(=O)c1cccc(C)c1-c1ccc(C(C)Nc2nccc(Cl)c2NC(=O)C(F)(F)C(F)(F)F)cc1. The number of methoxy groups -OCH3 is 1. The van der Waals surface area contributed by atoms with Crippen LogP contribution in [-0.2, 0) is 9.53 Å². The molecule has 1 atom stereocenters. The monoisotopic (exact) mass is 541 g/mol. The Balaban J connectivity index is 1.87. The van der Waals surface area contributed by atoms with Crippen LogP contribution >= 0.6 is 11.6 Å². The zero-order chi connectivity index (χ0) is 27.5. The highest BCUT2D eigenvalue weighted by atomic mass is 35.5. The number of carbonyl (C=O) groups excluding carboxylic acids is 2. The maximum absolute atomic E-state index is 13.5. The molecule has 0 aliphatic carbocycles. The molecular weight excluding hydrogens is 521 g/mol. The van der Waals surface area contributed by atoms with Crippen LogP contribution in [0.1, 0.15) is 34.5 Å². The number of halogens is 6. The van der Waals surface area contributed by atoms with Crippen LogP contribution in [0.5, 0.6) is 0 Å². The minimum atomic E-state index is -6.08. The molecule has 1 unspecified atom stereocenters. The Morgan fingerprint density at radius 3 is 2.27 bits per heavy atom. The molecule has 3 aromatic rings. The van der Waals surface area contributed by atoms with E-state index in [1.54, 1.807) is 43.3 Å². The third-order valence-corrected chi connectivity index (χ3v) is 5.83. The van der Waals surface area contributed by atoms with Gasteiger partial charge in [-0.15, -0.1) is 0 Å². The summed E-state index contributed by atoms with van der Waals surface area (Å²) in [5.41, 5.74) is 2.81. The molecule has 0 fully saturated rings. The van der Waals surface area contributed by atoms with E-state index in [1.807, 2.05) is 13.0 Å². The molecule has 0 radical (unpaired) electrons. The summed E-state index contributed by atoms with van der Waals surface area (Å²) < 4.78 is 69.5. The quantitative estimate of drug-likeness (QED) is 0.254. The molecule has 37 heavy (non-hydrogen) atoms. The number of rotatable bonds is 7. The number of nitrogens with zero attached hydrogens (tertiary/aromatic N) is 1. The van der Waals surface area contributed by atoms with E-state index >= 15 is 0 Å². The van der Waals surface area contributed by atoms with Crippen LogP contribution in [0.4, 0.5) is 33.5 Å². The van der Waals surface area contributed by atoms with E-state index in [0.717, 1.165) is 17.2 Å². The summed E-state index contributed by atoms with van der Waals surface area (Å²) in [7, 11) is 1.29. The smallest absolute Gasteiger partial charge is 0.463 e. The number of hydrogen-bond donors (Lipinski definition) is 2. The lowest BCUT2D eigenvalue weighted by Gasteiger charge is -2.22. The van der Waals surface area contributed by atoms with Gasteiger partial charge >= 0.3 is 24.0 Å². The summed E-state index contributed by atoms with van der Waals surface area (Å²) in [5, 5.41) is 4.10. The molecule has 0 aliphatic heterocycles. The summed E-state index contributed by atoms with van der Waals surface area (Å²) in [6.45, 7) is 3.53. The fourth-order valence-corrected chi connectivity index (χ4v) is 3.74. The average molecular weight is 542 g/mol. The van der Waals surface area contributed by atoms with Gasteiger partial charge in [0.05, 0.1) is 23.7 Å². The van der Waals surface area contributed by atoms with Crippen molar-refractivity contribution in [1.29, 1.82) is 0 Å². The number of esters is 1. The van der Waals surface area contributed by atoms with E-state index in [2.05, 4.69) is 10.3 Å². The maximum atomic E-state index is 13.5. The van der Waals surface area contributed by atoms with Gasteiger partial charge in [0.2, 0.25) is 0 Å². The Morgan fingerprint density at radius 2 is 1.68 bits per heavy atom. The molecule has 1 heterocycles. The van der Waals surface area contributed by atoms with Gasteiger partial charge in [0.15, 0.2) is 5.82 Å². The third-order valence-electron chi connectivity index (χ3n) is 5.51. The molecular formula is C25H21ClF5N3O3. The van der Waals surface area contributed by atoms with Crippen molar-refractivity contribution in [3.63, 3.8) is 0 Å². The van der Waals surface area contributed by atoms with E-state index in [1.165, 1.54) is 18.6 Å². The average Bonchev–Trinajstić information content (AvgIpc) is 2.84. The normalized spacial score (nSPS) is 12.6. The molecule has 12 heteroatoms. The maximum Gasteiger partial charge on any atom is 0.463 e. The second-order valence-corrected chi connectivity index (χ2v) is 8.43. The number of alkyl halides is 5. The Morgan fingerprint density at radius 1 is 1.03 bits per heavy atom. The molecule has 2 aromatic carbocycles. The molecule has 0 bridgehead atoms. The highest BCUT2D eigenvalue weighted by Gasteiger charge is 2.63. The molecule has 0 spiro atoms. The first-order valence-electron chi connectivity index (χ1n) is 10.7. The van der Waals surface area contributed by atoms with Gasteiger partial charge < -0.3 is 15.4 Å².